The normalized spacial score (nSPS) is 16.0. The predicted octanol–water partition coefficient (Wildman–Crippen LogP) is 2.29. The van der Waals surface area contributed by atoms with Gasteiger partial charge in [-0.05, 0) is 30.3 Å². The number of esters is 1. The standard InChI is InChI=1S/C18H17ClN2O6S/c1-26-18(23)11-7-8-12(19)13(9-11)20-17(22)16-10-21(28(2,24)25)14-5-3-4-6-15(14)27-16/h3-9,16H,10H2,1-2H3,(H,20,22)/t16-/m1/s1. The first-order valence-electron chi connectivity index (χ1n) is 8.13. The molecule has 2 aromatic rings. The zero-order chi connectivity index (χ0) is 20.5. The van der Waals surface area contributed by atoms with E-state index >= 15 is 0 Å². The topological polar surface area (TPSA) is 102 Å². The minimum Gasteiger partial charge on any atom is -0.476 e. The van der Waals surface area contributed by atoms with Crippen molar-refractivity contribution in [1.29, 1.82) is 0 Å². The maximum absolute atomic E-state index is 12.7. The minimum atomic E-state index is -3.62. The van der Waals surface area contributed by atoms with E-state index in [1.165, 1.54) is 25.3 Å². The molecule has 3 rings (SSSR count). The van der Waals surface area contributed by atoms with Crippen molar-refractivity contribution in [2.75, 3.05) is 29.5 Å². The Kier molecular flexibility index (Phi) is 5.48. The molecule has 10 heteroatoms. The quantitative estimate of drug-likeness (QED) is 0.755. The highest BCUT2D eigenvalue weighted by molar-refractivity contribution is 7.92. The first kappa shape index (κ1) is 20.0. The molecule has 1 heterocycles. The Balaban J connectivity index is 1.87. The molecule has 8 nitrogen and oxygen atoms in total. The molecule has 2 aromatic carbocycles. The maximum atomic E-state index is 12.7. The Morgan fingerprint density at radius 2 is 1.96 bits per heavy atom. The lowest BCUT2D eigenvalue weighted by molar-refractivity contribution is -0.122. The molecule has 0 aliphatic carbocycles. The first-order chi connectivity index (χ1) is 13.2. The number of nitrogens with one attached hydrogen (secondary N) is 1. The lowest BCUT2D eigenvalue weighted by Gasteiger charge is -2.33. The number of para-hydroxylation sites is 2. The highest BCUT2D eigenvalue weighted by atomic mass is 35.5. The lowest BCUT2D eigenvalue weighted by Crippen LogP contribution is -2.48. The summed E-state index contributed by atoms with van der Waals surface area (Å²) < 4.78 is 35.7. The number of benzene rings is 2. The third-order valence-electron chi connectivity index (χ3n) is 4.07. The summed E-state index contributed by atoms with van der Waals surface area (Å²) in [5.74, 6) is -0.918. The molecule has 1 atom stereocenters. The van der Waals surface area contributed by atoms with Crippen molar-refractivity contribution in [3.05, 3.63) is 53.1 Å². The molecule has 0 aromatic heterocycles. The summed E-state index contributed by atoms with van der Waals surface area (Å²) in [6.07, 6.45) is -0.0525. The number of hydrogen-bond donors (Lipinski definition) is 1. The molecule has 0 saturated heterocycles. The molecule has 0 spiro atoms. The van der Waals surface area contributed by atoms with E-state index in [4.69, 9.17) is 16.3 Å². The summed E-state index contributed by atoms with van der Waals surface area (Å²) in [5, 5.41) is 2.78. The van der Waals surface area contributed by atoms with Crippen LogP contribution in [0.25, 0.3) is 0 Å². The summed E-state index contributed by atoms with van der Waals surface area (Å²) in [6.45, 7) is -0.198. The summed E-state index contributed by atoms with van der Waals surface area (Å²) in [6, 6.07) is 10.8. The Morgan fingerprint density at radius 1 is 1.25 bits per heavy atom. The van der Waals surface area contributed by atoms with Crippen molar-refractivity contribution >= 4 is 44.9 Å². The Hall–Kier alpha value is -2.78. The van der Waals surface area contributed by atoms with Crippen molar-refractivity contribution in [2.24, 2.45) is 0 Å². The highest BCUT2D eigenvalue weighted by Crippen LogP contribution is 2.35. The summed E-state index contributed by atoms with van der Waals surface area (Å²) in [5.41, 5.74) is 0.748. The molecular weight excluding hydrogens is 408 g/mol. The van der Waals surface area contributed by atoms with Gasteiger partial charge in [0.2, 0.25) is 10.0 Å². The average Bonchev–Trinajstić information content (AvgIpc) is 2.67. The molecule has 1 amide bonds. The van der Waals surface area contributed by atoms with E-state index in [9.17, 15) is 18.0 Å². The molecule has 148 valence electrons. The van der Waals surface area contributed by atoms with Gasteiger partial charge in [0.1, 0.15) is 5.75 Å². The van der Waals surface area contributed by atoms with Gasteiger partial charge in [0.15, 0.2) is 6.10 Å². The molecule has 1 aliphatic rings. The van der Waals surface area contributed by atoms with Gasteiger partial charge in [0.25, 0.3) is 5.91 Å². The zero-order valence-electron chi connectivity index (χ0n) is 15.0. The second kappa shape index (κ2) is 7.69. The van der Waals surface area contributed by atoms with Gasteiger partial charge in [-0.15, -0.1) is 0 Å². The van der Waals surface area contributed by atoms with Crippen LogP contribution in [0.3, 0.4) is 0 Å². The predicted molar refractivity (Wildman–Crippen MR) is 104 cm³/mol. The number of carbonyl (C=O) groups excluding carboxylic acids is 2. The van der Waals surface area contributed by atoms with Crippen LogP contribution < -0.4 is 14.4 Å². The number of ether oxygens (including phenoxy) is 2. The third-order valence-corrected chi connectivity index (χ3v) is 5.55. The fraction of sp³-hybridized carbons (Fsp3) is 0.222. The maximum Gasteiger partial charge on any atom is 0.337 e. The zero-order valence-corrected chi connectivity index (χ0v) is 16.6. The number of hydrogen-bond acceptors (Lipinski definition) is 6. The van der Waals surface area contributed by atoms with Gasteiger partial charge in [-0.3, -0.25) is 9.10 Å². The molecule has 28 heavy (non-hydrogen) atoms. The fourth-order valence-electron chi connectivity index (χ4n) is 2.73. The smallest absolute Gasteiger partial charge is 0.337 e. The van der Waals surface area contributed by atoms with E-state index in [-0.39, 0.29) is 28.6 Å². The molecule has 0 fully saturated rings. The third kappa shape index (κ3) is 4.05. The van der Waals surface area contributed by atoms with E-state index in [0.717, 1.165) is 10.6 Å². The van der Waals surface area contributed by atoms with Crippen LogP contribution in [0.5, 0.6) is 5.75 Å². The molecular formula is C18H17ClN2O6S. The fourth-order valence-corrected chi connectivity index (χ4v) is 3.81. The Labute approximate surface area is 167 Å². The minimum absolute atomic E-state index is 0.183. The summed E-state index contributed by atoms with van der Waals surface area (Å²) in [7, 11) is -2.38. The Morgan fingerprint density at radius 3 is 2.64 bits per heavy atom. The summed E-state index contributed by atoms with van der Waals surface area (Å²) >= 11 is 6.10. The van der Waals surface area contributed by atoms with E-state index < -0.39 is 28.0 Å². The number of amides is 1. The number of nitrogens with zero attached hydrogens (tertiary/aromatic N) is 1. The van der Waals surface area contributed by atoms with Gasteiger partial charge >= 0.3 is 5.97 Å². The molecule has 0 radical (unpaired) electrons. The number of methoxy groups -OCH3 is 1. The lowest BCUT2D eigenvalue weighted by atomic mass is 10.2. The van der Waals surface area contributed by atoms with Gasteiger partial charge in [-0.1, -0.05) is 23.7 Å². The van der Waals surface area contributed by atoms with E-state index in [0.29, 0.717) is 5.69 Å². The van der Waals surface area contributed by atoms with Gasteiger partial charge in [-0.25, -0.2) is 13.2 Å². The van der Waals surface area contributed by atoms with E-state index in [1.807, 2.05) is 0 Å². The van der Waals surface area contributed by atoms with E-state index in [1.54, 1.807) is 24.3 Å². The monoisotopic (exact) mass is 424 g/mol. The van der Waals surface area contributed by atoms with Gasteiger partial charge < -0.3 is 14.8 Å². The van der Waals surface area contributed by atoms with Crippen LogP contribution in [0.15, 0.2) is 42.5 Å². The van der Waals surface area contributed by atoms with Crippen LogP contribution in [-0.2, 0) is 19.6 Å². The largest absolute Gasteiger partial charge is 0.476 e. The number of rotatable bonds is 4. The number of carbonyl (C=O) groups is 2. The number of fused-ring (bicyclic) bond motifs is 1. The van der Waals surface area contributed by atoms with Crippen LogP contribution >= 0.6 is 11.6 Å². The molecule has 1 aliphatic heterocycles. The number of anilines is 2. The van der Waals surface area contributed by atoms with E-state index in [2.05, 4.69) is 10.1 Å². The van der Waals surface area contributed by atoms with Gasteiger partial charge in [-0.2, -0.15) is 0 Å². The van der Waals surface area contributed by atoms with Gasteiger partial charge in [0.05, 0.1) is 41.9 Å². The molecule has 1 N–H and O–H groups in total. The van der Waals surface area contributed by atoms with Gasteiger partial charge in [0, 0.05) is 0 Å². The van der Waals surface area contributed by atoms with Crippen molar-refractivity contribution in [3.8, 4) is 5.75 Å². The van der Waals surface area contributed by atoms with Crippen LogP contribution in [-0.4, -0.2) is 46.3 Å². The SMILES string of the molecule is COC(=O)c1ccc(Cl)c(NC(=O)[C@H]2CN(S(C)(=O)=O)c3ccccc3O2)c1. The molecule has 0 unspecified atom stereocenters. The average molecular weight is 425 g/mol. The molecule has 0 saturated carbocycles. The van der Waals surface area contributed by atoms with Crippen molar-refractivity contribution in [3.63, 3.8) is 0 Å². The second-order valence-corrected chi connectivity index (χ2v) is 8.36. The van der Waals surface area contributed by atoms with Crippen LogP contribution in [0, 0.1) is 0 Å². The van der Waals surface area contributed by atoms with Crippen LogP contribution in [0.4, 0.5) is 11.4 Å². The van der Waals surface area contributed by atoms with Crippen molar-refractivity contribution in [2.45, 2.75) is 6.10 Å². The summed E-state index contributed by atoms with van der Waals surface area (Å²) in [4.78, 5) is 24.4. The van der Waals surface area contributed by atoms with Crippen LogP contribution in [0.2, 0.25) is 5.02 Å². The first-order valence-corrected chi connectivity index (χ1v) is 10.4. The molecule has 0 bridgehead atoms. The Bertz CT molecular complexity index is 1040. The van der Waals surface area contributed by atoms with Crippen molar-refractivity contribution in [1.82, 2.24) is 0 Å². The van der Waals surface area contributed by atoms with Crippen molar-refractivity contribution < 1.29 is 27.5 Å². The number of sulfonamides is 1. The second-order valence-electron chi connectivity index (χ2n) is 6.04. The van der Waals surface area contributed by atoms with Crippen LogP contribution in [0.1, 0.15) is 10.4 Å². The number of halogens is 1. The highest BCUT2D eigenvalue weighted by Gasteiger charge is 2.35.